The number of rotatable bonds is 10. The molecule has 0 radical (unpaired) electrons. The summed E-state index contributed by atoms with van der Waals surface area (Å²) in [4.78, 5) is 41.2. The fourth-order valence-corrected chi connectivity index (χ4v) is 9.69. The number of ether oxygens (including phenoxy) is 2. The van der Waals surface area contributed by atoms with Crippen LogP contribution in [0.4, 0.5) is 26.0 Å². The van der Waals surface area contributed by atoms with Gasteiger partial charge in [-0.05, 0) is 43.3 Å². The van der Waals surface area contributed by atoms with E-state index < -0.39 is 48.5 Å². The van der Waals surface area contributed by atoms with Crippen molar-refractivity contribution in [3.05, 3.63) is 75.6 Å². The van der Waals surface area contributed by atoms with E-state index in [2.05, 4.69) is 10.3 Å². The molecule has 3 aliphatic rings. The zero-order valence-electron chi connectivity index (χ0n) is 25.3. The highest BCUT2D eigenvalue weighted by Crippen LogP contribution is 2.60. The molecule has 0 saturated carbocycles. The van der Waals surface area contributed by atoms with Gasteiger partial charge in [0, 0.05) is 60.6 Å². The number of nitro benzene ring substituents is 1. The van der Waals surface area contributed by atoms with Gasteiger partial charge in [0.05, 0.1) is 35.5 Å². The van der Waals surface area contributed by atoms with Gasteiger partial charge in [-0.25, -0.2) is 4.79 Å². The van der Waals surface area contributed by atoms with Gasteiger partial charge < -0.3 is 23.6 Å². The molecule has 4 heterocycles. The summed E-state index contributed by atoms with van der Waals surface area (Å²) in [6.07, 6.45) is 1.30. The molecule has 3 aliphatic heterocycles. The van der Waals surface area contributed by atoms with E-state index in [-0.39, 0.29) is 25.4 Å². The van der Waals surface area contributed by atoms with E-state index in [1.165, 1.54) is 17.0 Å². The van der Waals surface area contributed by atoms with Crippen LogP contribution in [0.15, 0.2) is 48.7 Å². The number of nitro groups is 1. The normalized spacial score (nSPS) is 24.5. The Bertz CT molecular complexity index is 1650. The number of halogens is 1. The van der Waals surface area contributed by atoms with Gasteiger partial charge in [-0.15, -0.1) is 5.10 Å². The van der Waals surface area contributed by atoms with Crippen LogP contribution in [-0.4, -0.2) is 71.3 Å². The summed E-state index contributed by atoms with van der Waals surface area (Å²) in [5.41, 5.74) is 0.379. The molecule has 45 heavy (non-hydrogen) atoms. The highest BCUT2D eigenvalue weighted by Gasteiger charge is 2.66. The number of carbonyl (C=O) groups is 2. The molecule has 1 aromatic heterocycles. The van der Waals surface area contributed by atoms with Crippen molar-refractivity contribution >= 4 is 37.5 Å². The molecule has 4 atom stereocenters. The Balaban J connectivity index is 1.36. The Hall–Kier alpha value is -4.21. The monoisotopic (exact) mass is 638 g/mol. The molecule has 2 amide bonds. The number of non-ortho nitro benzene ring substituents is 1. The van der Waals surface area contributed by atoms with E-state index in [0.29, 0.717) is 48.6 Å². The molecule has 3 aromatic rings. The van der Waals surface area contributed by atoms with E-state index in [1.807, 2.05) is 6.07 Å². The van der Waals surface area contributed by atoms with Crippen molar-refractivity contribution < 1.29 is 33.2 Å². The first-order valence-corrected chi connectivity index (χ1v) is 17.9. The molecule has 238 valence electrons. The summed E-state index contributed by atoms with van der Waals surface area (Å²) >= 11 is 0. The molecule has 2 aromatic carbocycles. The molecule has 0 bridgehead atoms. The smallest absolute Gasteiger partial charge is 0.414 e. The highest BCUT2D eigenvalue weighted by atomic mass is 28.4. The Morgan fingerprint density at radius 3 is 2.71 bits per heavy atom. The van der Waals surface area contributed by atoms with Crippen LogP contribution >= 0.6 is 0 Å². The molecular weight excluding hydrogens is 603 g/mol. The third kappa shape index (κ3) is 5.38. The van der Waals surface area contributed by atoms with E-state index in [9.17, 15) is 24.8 Å². The number of cyclic esters (lactones) is 1. The van der Waals surface area contributed by atoms with Crippen LogP contribution in [-0.2, 0) is 39.4 Å². The number of aliphatic hydroxyl groups is 1. The number of carbonyl (C=O) groups excluding carboxylic acids is 2. The van der Waals surface area contributed by atoms with Crippen molar-refractivity contribution in [3.63, 3.8) is 0 Å². The maximum atomic E-state index is 16.2. The fraction of sp³-hybridized carbons (Fsp3) is 0.467. The number of amides is 2. The zero-order chi connectivity index (χ0) is 32.1. The zero-order valence-corrected chi connectivity index (χ0v) is 26.3. The highest BCUT2D eigenvalue weighted by molar-refractivity contribution is 6.72. The van der Waals surface area contributed by atoms with Crippen LogP contribution in [0.25, 0.3) is 0 Å². The molecule has 2 fully saturated rings. The van der Waals surface area contributed by atoms with Crippen LogP contribution < -0.4 is 9.80 Å². The molecule has 0 unspecified atom stereocenters. The Morgan fingerprint density at radius 2 is 2.02 bits per heavy atom. The lowest BCUT2D eigenvalue weighted by molar-refractivity contribution is -0.385. The van der Waals surface area contributed by atoms with Crippen LogP contribution in [0.3, 0.4) is 0 Å². The minimum atomic E-state index is -3.46. The molecule has 1 spiro atoms. The maximum absolute atomic E-state index is 16.2. The molecule has 13 nitrogen and oxygen atoms in total. The lowest BCUT2D eigenvalue weighted by Gasteiger charge is -2.31. The van der Waals surface area contributed by atoms with Gasteiger partial charge in [0.1, 0.15) is 6.61 Å². The first-order chi connectivity index (χ1) is 21.4. The lowest BCUT2D eigenvalue weighted by atomic mass is 9.82. The SMILES string of the molecule is C[C@H]1[C@H]([Si](C)(C)F)[C@@H](CCn2cc(CCO)nn2)O[C@]12C(=O)N(Cc1cccc(N3CCOC3=O)c1)c1ccc([N+](=O)[O-])cc12. The number of aliphatic hydroxyl groups excluding tert-OH is 1. The predicted octanol–water partition coefficient (Wildman–Crippen LogP) is 4.09. The number of fused-ring (bicyclic) bond motifs is 2. The second-order valence-electron chi connectivity index (χ2n) is 12.3. The lowest BCUT2D eigenvalue weighted by Crippen LogP contribution is -2.45. The number of hydrogen-bond acceptors (Lipinski definition) is 9. The van der Waals surface area contributed by atoms with Gasteiger partial charge in [0.15, 0.2) is 5.60 Å². The van der Waals surface area contributed by atoms with Crippen LogP contribution in [0.2, 0.25) is 18.6 Å². The number of benzene rings is 2. The van der Waals surface area contributed by atoms with E-state index in [0.717, 1.165) is 5.56 Å². The van der Waals surface area contributed by atoms with Gasteiger partial charge in [-0.1, -0.05) is 24.3 Å². The summed E-state index contributed by atoms with van der Waals surface area (Å²) in [6, 6.07) is 11.5. The van der Waals surface area contributed by atoms with Crippen molar-refractivity contribution in [1.29, 1.82) is 0 Å². The third-order valence-corrected chi connectivity index (χ3v) is 11.5. The predicted molar refractivity (Wildman–Crippen MR) is 163 cm³/mol. The largest absolute Gasteiger partial charge is 0.447 e. The average molecular weight is 639 g/mol. The average Bonchev–Trinajstić information content (AvgIpc) is 3.75. The van der Waals surface area contributed by atoms with Gasteiger partial charge in [0.25, 0.3) is 11.6 Å². The van der Waals surface area contributed by atoms with Gasteiger partial charge in [-0.2, -0.15) is 0 Å². The summed E-state index contributed by atoms with van der Waals surface area (Å²) in [7, 11) is -3.46. The number of anilines is 2. The van der Waals surface area contributed by atoms with E-state index in [4.69, 9.17) is 9.47 Å². The molecule has 6 rings (SSSR count). The fourth-order valence-electron chi connectivity index (χ4n) is 7.15. The van der Waals surface area contributed by atoms with Crippen molar-refractivity contribution in [3.8, 4) is 0 Å². The number of nitrogens with zero attached hydrogens (tertiary/aromatic N) is 6. The second kappa shape index (κ2) is 11.6. The third-order valence-electron chi connectivity index (χ3n) is 9.08. The second-order valence-corrected chi connectivity index (χ2v) is 16.1. The van der Waals surface area contributed by atoms with Gasteiger partial charge >= 0.3 is 6.09 Å². The summed E-state index contributed by atoms with van der Waals surface area (Å²) < 4.78 is 29.6. The summed E-state index contributed by atoms with van der Waals surface area (Å²) in [5, 5.41) is 29.2. The van der Waals surface area contributed by atoms with Crippen molar-refractivity contribution in [2.75, 3.05) is 29.6 Å². The Kier molecular flexibility index (Phi) is 7.95. The minimum Gasteiger partial charge on any atom is -0.447 e. The summed E-state index contributed by atoms with van der Waals surface area (Å²) in [5.74, 6) is -1.04. The molecule has 0 aliphatic carbocycles. The number of aryl methyl sites for hydroxylation is 1. The standard InChI is InChI=1S/C30H35FN6O7Si/c1-19-27(45(2,3)31)26(9-11-34-18-21(10-13-38)32-33-34)44-30(19)24-16-23(37(41)42)7-8-25(24)36(28(30)39)17-20-5-4-6-22(15-20)35-12-14-43-29(35)40/h4-8,15-16,18-19,26-27,38H,9-14,17H2,1-3H3/t19-,26+,27-,30+/m0/s1. The molecule has 15 heteroatoms. The van der Waals surface area contributed by atoms with Crippen molar-refractivity contribution in [1.82, 2.24) is 15.0 Å². The molecule has 1 N–H and O–H groups in total. The van der Waals surface area contributed by atoms with Crippen LogP contribution in [0, 0.1) is 16.0 Å². The first kappa shape index (κ1) is 30.8. The Morgan fingerprint density at radius 1 is 1.22 bits per heavy atom. The number of hydrogen-bond donors (Lipinski definition) is 1. The first-order valence-electron chi connectivity index (χ1n) is 14.9. The summed E-state index contributed by atoms with van der Waals surface area (Å²) in [6.45, 7) is 6.08. The van der Waals surface area contributed by atoms with Crippen molar-refractivity contribution in [2.24, 2.45) is 5.92 Å². The quantitative estimate of drug-likeness (QED) is 0.150. The minimum absolute atomic E-state index is 0.0621. The van der Waals surface area contributed by atoms with Crippen molar-refractivity contribution in [2.45, 2.75) is 63.2 Å². The van der Waals surface area contributed by atoms with Gasteiger partial charge in [-0.3, -0.25) is 24.5 Å². The van der Waals surface area contributed by atoms with E-state index >= 15 is 4.11 Å². The number of aromatic nitrogens is 3. The maximum Gasteiger partial charge on any atom is 0.414 e. The van der Waals surface area contributed by atoms with Crippen LogP contribution in [0.1, 0.15) is 30.2 Å². The van der Waals surface area contributed by atoms with E-state index in [1.54, 1.807) is 60.1 Å². The van der Waals surface area contributed by atoms with Gasteiger partial charge in [0.2, 0.25) is 8.41 Å². The Labute approximate surface area is 259 Å². The molecular formula is C30H35FN6O7Si. The topological polar surface area (TPSA) is 153 Å². The molecule has 2 saturated heterocycles. The van der Waals surface area contributed by atoms with Crippen LogP contribution in [0.5, 0.6) is 0 Å².